The molecule has 12 heavy (non-hydrogen) atoms. The minimum Gasteiger partial charge on any atom is -0.379 e. The van der Waals surface area contributed by atoms with Gasteiger partial charge in [0.15, 0.2) is 0 Å². The van der Waals surface area contributed by atoms with Crippen LogP contribution in [-0.4, -0.2) is 25.3 Å². The summed E-state index contributed by atoms with van der Waals surface area (Å²) in [6.45, 7) is 6.88. The number of hydrogen-bond donors (Lipinski definition) is 1. The molecule has 2 heteroatoms. The molecule has 0 saturated carbocycles. The monoisotopic (exact) mass is 169 g/mol. The van der Waals surface area contributed by atoms with Crippen LogP contribution in [0.25, 0.3) is 0 Å². The van der Waals surface area contributed by atoms with Gasteiger partial charge in [-0.15, -0.1) is 6.42 Å². The quantitative estimate of drug-likeness (QED) is 0.628. The summed E-state index contributed by atoms with van der Waals surface area (Å²) in [4.78, 5) is 0. The summed E-state index contributed by atoms with van der Waals surface area (Å²) < 4.78 is 5.30. The standard InChI is InChI=1S/C10H19NO/c1-6-7-11-9(2)8-10(3,4)12-5/h1,9,11H,7-8H2,2-5H3. The van der Waals surface area contributed by atoms with E-state index in [0.29, 0.717) is 12.6 Å². The molecule has 0 radical (unpaired) electrons. The molecule has 0 aromatic carbocycles. The topological polar surface area (TPSA) is 21.3 Å². The summed E-state index contributed by atoms with van der Waals surface area (Å²) in [5.74, 6) is 2.55. The van der Waals surface area contributed by atoms with Crippen molar-refractivity contribution in [2.75, 3.05) is 13.7 Å². The fourth-order valence-electron chi connectivity index (χ4n) is 1.13. The lowest BCUT2D eigenvalue weighted by molar-refractivity contribution is 0.00890. The highest BCUT2D eigenvalue weighted by atomic mass is 16.5. The molecule has 0 aliphatic heterocycles. The third-order valence-corrected chi connectivity index (χ3v) is 1.90. The molecule has 0 saturated heterocycles. The summed E-state index contributed by atoms with van der Waals surface area (Å²) in [6.07, 6.45) is 6.09. The van der Waals surface area contributed by atoms with E-state index in [-0.39, 0.29) is 5.60 Å². The first kappa shape index (κ1) is 11.5. The van der Waals surface area contributed by atoms with Gasteiger partial charge >= 0.3 is 0 Å². The van der Waals surface area contributed by atoms with Crippen molar-refractivity contribution in [2.24, 2.45) is 0 Å². The Balaban J connectivity index is 3.69. The lowest BCUT2D eigenvalue weighted by Gasteiger charge is -2.26. The molecular formula is C10H19NO. The first-order valence-corrected chi connectivity index (χ1v) is 4.24. The van der Waals surface area contributed by atoms with E-state index in [9.17, 15) is 0 Å². The number of ether oxygens (including phenoxy) is 1. The highest BCUT2D eigenvalue weighted by Crippen LogP contribution is 2.14. The minimum atomic E-state index is -0.0684. The molecule has 2 nitrogen and oxygen atoms in total. The maximum atomic E-state index is 5.30. The second-order valence-corrected chi connectivity index (χ2v) is 3.65. The van der Waals surface area contributed by atoms with E-state index in [2.05, 4.69) is 32.0 Å². The average Bonchev–Trinajstić information content (AvgIpc) is 2.00. The van der Waals surface area contributed by atoms with Crippen LogP contribution in [0.4, 0.5) is 0 Å². The van der Waals surface area contributed by atoms with Crippen LogP contribution in [0.1, 0.15) is 27.2 Å². The molecule has 0 rings (SSSR count). The molecule has 70 valence electrons. The number of hydrogen-bond acceptors (Lipinski definition) is 2. The van der Waals surface area contributed by atoms with Crippen molar-refractivity contribution in [2.45, 2.75) is 38.8 Å². The Kier molecular flexibility index (Phi) is 4.96. The largest absolute Gasteiger partial charge is 0.379 e. The molecule has 0 aliphatic carbocycles. The second-order valence-electron chi connectivity index (χ2n) is 3.65. The van der Waals surface area contributed by atoms with Gasteiger partial charge in [-0.25, -0.2) is 0 Å². The highest BCUT2D eigenvalue weighted by molar-refractivity contribution is 4.88. The van der Waals surface area contributed by atoms with Crippen LogP contribution in [-0.2, 0) is 4.74 Å². The van der Waals surface area contributed by atoms with Crippen molar-refractivity contribution in [3.63, 3.8) is 0 Å². The Hall–Kier alpha value is -0.520. The van der Waals surface area contributed by atoms with Gasteiger partial charge in [0, 0.05) is 13.2 Å². The van der Waals surface area contributed by atoms with Gasteiger partial charge in [0.1, 0.15) is 0 Å². The Morgan fingerprint density at radius 2 is 2.17 bits per heavy atom. The molecule has 0 amide bonds. The fourth-order valence-corrected chi connectivity index (χ4v) is 1.13. The van der Waals surface area contributed by atoms with E-state index in [1.165, 1.54) is 0 Å². The maximum Gasteiger partial charge on any atom is 0.0637 e. The van der Waals surface area contributed by atoms with Gasteiger partial charge in [-0.2, -0.15) is 0 Å². The van der Waals surface area contributed by atoms with Crippen molar-refractivity contribution < 1.29 is 4.74 Å². The summed E-state index contributed by atoms with van der Waals surface area (Å²) in [5.41, 5.74) is -0.0684. The van der Waals surface area contributed by atoms with E-state index in [1.807, 2.05) is 0 Å². The van der Waals surface area contributed by atoms with Gasteiger partial charge < -0.3 is 10.1 Å². The van der Waals surface area contributed by atoms with E-state index in [0.717, 1.165) is 6.42 Å². The molecule has 0 aromatic rings. The van der Waals surface area contributed by atoms with Crippen LogP contribution in [0.3, 0.4) is 0 Å². The van der Waals surface area contributed by atoms with Crippen LogP contribution in [0.2, 0.25) is 0 Å². The number of terminal acetylenes is 1. The Morgan fingerprint density at radius 1 is 1.58 bits per heavy atom. The lowest BCUT2D eigenvalue weighted by Crippen LogP contribution is -2.35. The number of nitrogens with one attached hydrogen (secondary N) is 1. The van der Waals surface area contributed by atoms with Crippen molar-refractivity contribution in [3.8, 4) is 12.3 Å². The summed E-state index contributed by atoms with van der Waals surface area (Å²) in [5, 5.41) is 3.21. The summed E-state index contributed by atoms with van der Waals surface area (Å²) >= 11 is 0. The SMILES string of the molecule is C#CCNC(C)CC(C)(C)OC. The Labute approximate surface area is 75.7 Å². The first-order valence-electron chi connectivity index (χ1n) is 4.24. The molecule has 1 unspecified atom stereocenters. The predicted molar refractivity (Wildman–Crippen MR) is 52.0 cm³/mol. The Morgan fingerprint density at radius 3 is 2.58 bits per heavy atom. The molecule has 0 fully saturated rings. The molecular weight excluding hydrogens is 150 g/mol. The first-order chi connectivity index (χ1) is 5.52. The highest BCUT2D eigenvalue weighted by Gasteiger charge is 2.19. The molecule has 1 N–H and O–H groups in total. The zero-order valence-electron chi connectivity index (χ0n) is 8.48. The van der Waals surface area contributed by atoms with Gasteiger partial charge in [0.05, 0.1) is 12.1 Å². The smallest absolute Gasteiger partial charge is 0.0637 e. The molecule has 0 spiro atoms. The average molecular weight is 169 g/mol. The van der Waals surface area contributed by atoms with Crippen molar-refractivity contribution in [1.29, 1.82) is 0 Å². The lowest BCUT2D eigenvalue weighted by atomic mass is 10.00. The van der Waals surface area contributed by atoms with E-state index < -0.39 is 0 Å². The van der Waals surface area contributed by atoms with Gasteiger partial charge in [-0.1, -0.05) is 5.92 Å². The third kappa shape index (κ3) is 5.17. The van der Waals surface area contributed by atoms with Crippen molar-refractivity contribution in [3.05, 3.63) is 0 Å². The van der Waals surface area contributed by atoms with Crippen molar-refractivity contribution in [1.82, 2.24) is 5.32 Å². The Bertz CT molecular complexity index is 158. The van der Waals surface area contributed by atoms with Gasteiger partial charge in [0.25, 0.3) is 0 Å². The third-order valence-electron chi connectivity index (χ3n) is 1.90. The van der Waals surface area contributed by atoms with Crippen LogP contribution >= 0.6 is 0 Å². The van der Waals surface area contributed by atoms with Gasteiger partial charge in [0.2, 0.25) is 0 Å². The van der Waals surface area contributed by atoms with Crippen LogP contribution in [0.15, 0.2) is 0 Å². The molecule has 0 aliphatic rings. The number of methoxy groups -OCH3 is 1. The maximum absolute atomic E-state index is 5.30. The van der Waals surface area contributed by atoms with E-state index in [1.54, 1.807) is 7.11 Å². The molecule has 0 aromatic heterocycles. The number of rotatable bonds is 5. The van der Waals surface area contributed by atoms with Gasteiger partial charge in [-0.3, -0.25) is 0 Å². The minimum absolute atomic E-state index is 0.0684. The normalized spacial score (nSPS) is 13.9. The van der Waals surface area contributed by atoms with Crippen molar-refractivity contribution >= 4 is 0 Å². The van der Waals surface area contributed by atoms with E-state index >= 15 is 0 Å². The summed E-state index contributed by atoms with van der Waals surface area (Å²) in [6, 6.07) is 0.399. The van der Waals surface area contributed by atoms with Crippen LogP contribution in [0, 0.1) is 12.3 Å². The molecule has 1 atom stereocenters. The summed E-state index contributed by atoms with van der Waals surface area (Å²) in [7, 11) is 1.73. The fraction of sp³-hybridized carbons (Fsp3) is 0.800. The molecule has 0 bridgehead atoms. The van der Waals surface area contributed by atoms with Gasteiger partial charge in [-0.05, 0) is 27.2 Å². The predicted octanol–water partition coefficient (Wildman–Crippen LogP) is 1.41. The van der Waals surface area contributed by atoms with Crippen LogP contribution in [0.5, 0.6) is 0 Å². The van der Waals surface area contributed by atoms with E-state index in [4.69, 9.17) is 11.2 Å². The van der Waals surface area contributed by atoms with Crippen LogP contribution < -0.4 is 5.32 Å². The second kappa shape index (κ2) is 5.18. The zero-order chi connectivity index (χ0) is 9.61. The molecule has 0 heterocycles. The zero-order valence-corrected chi connectivity index (χ0v) is 8.48.